The molecule has 0 bridgehead atoms. The summed E-state index contributed by atoms with van der Waals surface area (Å²) in [5.74, 6) is -0.347. The van der Waals surface area contributed by atoms with Crippen LogP contribution in [-0.2, 0) is 9.53 Å². The number of aliphatic hydroxyl groups is 1. The largest absolute Gasteiger partial charge is 0.381 e. The molecule has 0 aliphatic carbocycles. The molecule has 4 heteroatoms. The van der Waals surface area contributed by atoms with E-state index in [1.54, 1.807) is 0 Å². The lowest BCUT2D eigenvalue weighted by molar-refractivity contribution is -0.138. The summed E-state index contributed by atoms with van der Waals surface area (Å²) >= 11 is 0. The van der Waals surface area contributed by atoms with Gasteiger partial charge in [-0.1, -0.05) is 0 Å². The highest BCUT2D eigenvalue weighted by Crippen LogP contribution is 2.18. The fourth-order valence-corrected chi connectivity index (χ4v) is 1.19. The highest BCUT2D eigenvalue weighted by molar-refractivity contribution is 5.84. The third kappa shape index (κ3) is 2.67. The molecule has 1 fully saturated rings. The van der Waals surface area contributed by atoms with Gasteiger partial charge in [0.2, 0.25) is 0 Å². The molecular weight excluding hydrogens is 170 g/mol. The topological polar surface area (TPSA) is 58.6 Å². The van der Waals surface area contributed by atoms with E-state index in [4.69, 9.17) is 4.74 Å². The Kier molecular flexibility index (Phi) is 2.63. The summed E-state index contributed by atoms with van der Waals surface area (Å²) in [6.07, 6.45) is 0.800. The molecule has 0 aromatic carbocycles. The first-order valence-electron chi connectivity index (χ1n) is 4.46. The van der Waals surface area contributed by atoms with Crippen molar-refractivity contribution < 1.29 is 14.6 Å². The number of nitrogens with one attached hydrogen (secondary N) is 1. The van der Waals surface area contributed by atoms with E-state index in [-0.39, 0.29) is 11.4 Å². The molecule has 1 aliphatic heterocycles. The Bertz CT molecular complexity index is 201. The molecule has 0 aromatic rings. The van der Waals surface area contributed by atoms with Crippen molar-refractivity contribution in [1.29, 1.82) is 0 Å². The predicted molar refractivity (Wildman–Crippen MR) is 48.3 cm³/mol. The predicted octanol–water partition coefficient (Wildman–Crippen LogP) is 0.0525. The van der Waals surface area contributed by atoms with Crippen LogP contribution in [0.15, 0.2) is 0 Å². The molecule has 4 nitrogen and oxygen atoms in total. The molecule has 76 valence electrons. The highest BCUT2D eigenvalue weighted by atomic mass is 16.5. The van der Waals surface area contributed by atoms with Crippen LogP contribution in [0.3, 0.4) is 0 Å². The number of carbonyl (C=O) groups is 1. The number of ether oxygens (including phenoxy) is 1. The highest BCUT2D eigenvalue weighted by Gasteiger charge is 2.35. The Morgan fingerprint density at radius 2 is 2.23 bits per heavy atom. The SMILES string of the molecule is CC1(NC(=O)C(C)(C)O)CCOC1. The summed E-state index contributed by atoms with van der Waals surface area (Å²) in [5, 5.41) is 12.2. The zero-order chi connectivity index (χ0) is 10.1. The molecule has 0 saturated carbocycles. The molecule has 0 aromatic heterocycles. The molecule has 1 saturated heterocycles. The van der Waals surface area contributed by atoms with Crippen LogP contribution in [0.5, 0.6) is 0 Å². The van der Waals surface area contributed by atoms with Crippen molar-refractivity contribution in [2.75, 3.05) is 13.2 Å². The lowest BCUT2D eigenvalue weighted by Crippen LogP contribution is -2.53. The second-order valence-corrected chi connectivity index (χ2v) is 4.38. The summed E-state index contributed by atoms with van der Waals surface area (Å²) in [6, 6.07) is 0. The van der Waals surface area contributed by atoms with Crippen LogP contribution in [-0.4, -0.2) is 35.4 Å². The molecule has 1 unspecified atom stereocenters. The van der Waals surface area contributed by atoms with Crippen molar-refractivity contribution in [1.82, 2.24) is 5.32 Å². The minimum absolute atomic E-state index is 0.308. The van der Waals surface area contributed by atoms with Gasteiger partial charge in [-0.3, -0.25) is 4.79 Å². The van der Waals surface area contributed by atoms with E-state index in [0.717, 1.165) is 6.42 Å². The van der Waals surface area contributed by atoms with Gasteiger partial charge in [-0.25, -0.2) is 0 Å². The van der Waals surface area contributed by atoms with Gasteiger partial charge in [-0.2, -0.15) is 0 Å². The van der Waals surface area contributed by atoms with Crippen LogP contribution in [0.4, 0.5) is 0 Å². The van der Waals surface area contributed by atoms with E-state index in [1.165, 1.54) is 13.8 Å². The van der Waals surface area contributed by atoms with Gasteiger partial charge in [0.1, 0.15) is 5.60 Å². The van der Waals surface area contributed by atoms with Gasteiger partial charge in [-0.15, -0.1) is 0 Å². The maximum Gasteiger partial charge on any atom is 0.251 e. The second-order valence-electron chi connectivity index (χ2n) is 4.38. The first-order chi connectivity index (χ1) is 5.83. The lowest BCUT2D eigenvalue weighted by atomic mass is 9.99. The molecular formula is C9H17NO3. The summed E-state index contributed by atoms with van der Waals surface area (Å²) in [4.78, 5) is 11.4. The van der Waals surface area contributed by atoms with Crippen molar-refractivity contribution in [3.05, 3.63) is 0 Å². The van der Waals surface area contributed by atoms with Crippen LogP contribution in [0, 0.1) is 0 Å². The van der Waals surface area contributed by atoms with E-state index in [0.29, 0.717) is 13.2 Å². The first kappa shape index (κ1) is 10.5. The average Bonchev–Trinajstić information content (AvgIpc) is 2.33. The van der Waals surface area contributed by atoms with E-state index in [1.807, 2.05) is 6.92 Å². The monoisotopic (exact) mass is 187 g/mol. The standard InChI is InChI=1S/C9H17NO3/c1-8(2,12)7(11)10-9(3)4-5-13-6-9/h12H,4-6H2,1-3H3,(H,10,11). The van der Waals surface area contributed by atoms with Gasteiger partial charge in [0.05, 0.1) is 12.1 Å². The zero-order valence-corrected chi connectivity index (χ0v) is 8.39. The normalized spacial score (nSPS) is 28.9. The average molecular weight is 187 g/mol. The zero-order valence-electron chi connectivity index (χ0n) is 8.39. The van der Waals surface area contributed by atoms with Crippen LogP contribution in [0.2, 0.25) is 0 Å². The quantitative estimate of drug-likeness (QED) is 0.642. The van der Waals surface area contributed by atoms with Crippen LogP contribution < -0.4 is 5.32 Å². The van der Waals surface area contributed by atoms with Crippen LogP contribution in [0.1, 0.15) is 27.2 Å². The molecule has 2 N–H and O–H groups in total. The number of hydrogen-bond donors (Lipinski definition) is 2. The van der Waals surface area contributed by atoms with Gasteiger partial charge in [0.25, 0.3) is 5.91 Å². The Morgan fingerprint density at radius 1 is 1.62 bits per heavy atom. The third-order valence-corrected chi connectivity index (χ3v) is 2.19. The Hall–Kier alpha value is -0.610. The summed E-state index contributed by atoms with van der Waals surface area (Å²) in [6.45, 7) is 6.06. The van der Waals surface area contributed by atoms with Gasteiger partial charge in [0, 0.05) is 6.61 Å². The third-order valence-electron chi connectivity index (χ3n) is 2.19. The van der Waals surface area contributed by atoms with E-state index in [9.17, 15) is 9.90 Å². The number of amides is 1. The van der Waals surface area contributed by atoms with Gasteiger partial charge in [0.15, 0.2) is 0 Å². The second kappa shape index (κ2) is 3.27. The maximum absolute atomic E-state index is 11.4. The Labute approximate surface area is 78.3 Å². The molecule has 1 rings (SSSR count). The van der Waals surface area contributed by atoms with Crippen LogP contribution >= 0.6 is 0 Å². The molecule has 0 spiro atoms. The molecule has 0 radical (unpaired) electrons. The number of rotatable bonds is 2. The summed E-state index contributed by atoms with van der Waals surface area (Å²) in [7, 11) is 0. The molecule has 1 heterocycles. The minimum atomic E-state index is -1.31. The fourth-order valence-electron chi connectivity index (χ4n) is 1.19. The Balaban J connectivity index is 2.53. The van der Waals surface area contributed by atoms with Crippen molar-refractivity contribution in [3.63, 3.8) is 0 Å². The minimum Gasteiger partial charge on any atom is -0.381 e. The molecule has 13 heavy (non-hydrogen) atoms. The van der Waals surface area contributed by atoms with Crippen LogP contribution in [0.25, 0.3) is 0 Å². The maximum atomic E-state index is 11.4. The fraction of sp³-hybridized carbons (Fsp3) is 0.889. The molecule has 1 aliphatic rings. The van der Waals surface area contributed by atoms with E-state index >= 15 is 0 Å². The number of carbonyl (C=O) groups excluding carboxylic acids is 1. The van der Waals surface area contributed by atoms with E-state index < -0.39 is 5.60 Å². The Morgan fingerprint density at radius 3 is 2.62 bits per heavy atom. The smallest absolute Gasteiger partial charge is 0.251 e. The van der Waals surface area contributed by atoms with Crippen molar-refractivity contribution in [2.45, 2.75) is 38.3 Å². The summed E-state index contributed by atoms with van der Waals surface area (Å²) in [5.41, 5.74) is -1.62. The van der Waals surface area contributed by atoms with Crippen molar-refractivity contribution >= 4 is 5.91 Å². The first-order valence-corrected chi connectivity index (χ1v) is 4.46. The van der Waals surface area contributed by atoms with Crippen molar-refractivity contribution in [3.8, 4) is 0 Å². The van der Waals surface area contributed by atoms with E-state index in [2.05, 4.69) is 5.32 Å². The molecule has 1 amide bonds. The number of hydrogen-bond acceptors (Lipinski definition) is 3. The molecule has 1 atom stereocenters. The lowest BCUT2D eigenvalue weighted by Gasteiger charge is -2.27. The summed E-state index contributed by atoms with van der Waals surface area (Å²) < 4.78 is 5.18. The van der Waals surface area contributed by atoms with Gasteiger partial charge < -0.3 is 15.2 Å². The van der Waals surface area contributed by atoms with Crippen molar-refractivity contribution in [2.24, 2.45) is 0 Å². The van der Waals surface area contributed by atoms with Gasteiger partial charge >= 0.3 is 0 Å². The van der Waals surface area contributed by atoms with Gasteiger partial charge in [-0.05, 0) is 27.2 Å².